The summed E-state index contributed by atoms with van der Waals surface area (Å²) in [6.07, 6.45) is 1.61. The maximum Gasteiger partial charge on any atom is 0.211 e. The highest BCUT2D eigenvalue weighted by molar-refractivity contribution is 5.83. The Kier molecular flexibility index (Phi) is 3.37. The Hall–Kier alpha value is -3.34. The molecule has 0 bridgehead atoms. The molecular weight excluding hydrogens is 288 g/mol. The van der Waals surface area contributed by atoms with Crippen molar-refractivity contribution in [1.82, 2.24) is 9.97 Å². The number of furan rings is 1. The van der Waals surface area contributed by atoms with Crippen molar-refractivity contribution in [2.45, 2.75) is 0 Å². The van der Waals surface area contributed by atoms with E-state index in [2.05, 4.69) is 15.8 Å². The first-order valence-corrected chi connectivity index (χ1v) is 7.28. The first-order valence-electron chi connectivity index (χ1n) is 7.28. The van der Waals surface area contributed by atoms with Crippen LogP contribution in [0.15, 0.2) is 77.4 Å². The average molecular weight is 302 g/mol. The normalized spacial score (nSPS) is 10.6. The fourth-order valence-corrected chi connectivity index (χ4v) is 2.35. The second-order valence-electron chi connectivity index (χ2n) is 5.00. The number of aromatic nitrogens is 2. The number of para-hydroxylation sites is 2. The van der Waals surface area contributed by atoms with Crippen LogP contribution in [0.3, 0.4) is 0 Å². The molecule has 2 heterocycles. The van der Waals surface area contributed by atoms with Gasteiger partial charge in [-0.2, -0.15) is 0 Å². The van der Waals surface area contributed by atoms with Crippen LogP contribution in [0.25, 0.3) is 22.3 Å². The third-order valence-corrected chi connectivity index (χ3v) is 3.44. The van der Waals surface area contributed by atoms with Gasteiger partial charge < -0.3 is 4.42 Å². The number of hydrazine groups is 1. The van der Waals surface area contributed by atoms with Gasteiger partial charge in [0.15, 0.2) is 5.82 Å². The van der Waals surface area contributed by atoms with E-state index in [1.165, 1.54) is 0 Å². The quantitative estimate of drug-likeness (QED) is 0.549. The van der Waals surface area contributed by atoms with Crippen molar-refractivity contribution >= 4 is 22.7 Å². The van der Waals surface area contributed by atoms with Crippen LogP contribution in [0.5, 0.6) is 0 Å². The van der Waals surface area contributed by atoms with Crippen molar-refractivity contribution in [1.29, 1.82) is 0 Å². The molecule has 0 fully saturated rings. The first-order chi connectivity index (χ1) is 11.4. The topological polar surface area (TPSA) is 63.0 Å². The van der Waals surface area contributed by atoms with Gasteiger partial charge in [-0.15, -0.1) is 0 Å². The maximum absolute atomic E-state index is 5.27. The second kappa shape index (κ2) is 5.81. The number of hydrogen-bond donors (Lipinski definition) is 2. The molecule has 0 radical (unpaired) electrons. The first kappa shape index (κ1) is 13.3. The molecule has 4 aromatic rings. The number of rotatable bonds is 4. The summed E-state index contributed by atoms with van der Waals surface area (Å²) in [5.41, 5.74) is 9.55. The highest BCUT2D eigenvalue weighted by Crippen LogP contribution is 2.26. The standard InChI is InChI=1S/C18H14N4O/c1-2-7-13(8-3-1)17-18(22-21-16-11-6-12-23-16)20-15-10-5-4-9-14(15)19-17/h1-12,21H,(H,20,22). The van der Waals surface area contributed by atoms with E-state index in [9.17, 15) is 0 Å². The number of benzene rings is 2. The Labute approximate surface area is 133 Å². The molecule has 0 atom stereocenters. The lowest BCUT2D eigenvalue weighted by atomic mass is 10.1. The molecule has 5 nitrogen and oxygen atoms in total. The fraction of sp³-hybridized carbons (Fsp3) is 0. The predicted octanol–water partition coefficient (Wildman–Crippen LogP) is 4.33. The Morgan fingerprint density at radius 3 is 2.17 bits per heavy atom. The highest BCUT2D eigenvalue weighted by Gasteiger charge is 2.11. The smallest absolute Gasteiger partial charge is 0.211 e. The molecule has 0 saturated carbocycles. The van der Waals surface area contributed by atoms with E-state index in [0.717, 1.165) is 22.3 Å². The minimum Gasteiger partial charge on any atom is -0.447 e. The van der Waals surface area contributed by atoms with Crippen molar-refractivity contribution in [2.24, 2.45) is 0 Å². The van der Waals surface area contributed by atoms with E-state index < -0.39 is 0 Å². The zero-order valence-electron chi connectivity index (χ0n) is 12.2. The van der Waals surface area contributed by atoms with E-state index in [0.29, 0.717) is 11.7 Å². The molecule has 2 N–H and O–H groups in total. The Balaban J connectivity index is 1.79. The summed E-state index contributed by atoms with van der Waals surface area (Å²) in [5, 5.41) is 0. The van der Waals surface area contributed by atoms with Crippen LogP contribution in [-0.4, -0.2) is 9.97 Å². The van der Waals surface area contributed by atoms with E-state index in [4.69, 9.17) is 9.40 Å². The number of fused-ring (bicyclic) bond motifs is 1. The van der Waals surface area contributed by atoms with Gasteiger partial charge in [-0.25, -0.2) is 9.97 Å². The number of nitrogens with zero attached hydrogens (tertiary/aromatic N) is 2. The van der Waals surface area contributed by atoms with Gasteiger partial charge in [0.25, 0.3) is 0 Å². The van der Waals surface area contributed by atoms with Gasteiger partial charge in [-0.3, -0.25) is 10.9 Å². The summed E-state index contributed by atoms with van der Waals surface area (Å²) in [6, 6.07) is 21.4. The molecule has 0 aliphatic carbocycles. The van der Waals surface area contributed by atoms with Crippen LogP contribution < -0.4 is 10.9 Å². The molecule has 0 saturated heterocycles. The zero-order valence-corrected chi connectivity index (χ0v) is 12.2. The monoisotopic (exact) mass is 302 g/mol. The van der Waals surface area contributed by atoms with Gasteiger partial charge in [0.1, 0.15) is 5.69 Å². The molecule has 0 aliphatic rings. The third kappa shape index (κ3) is 2.72. The number of hydrogen-bond acceptors (Lipinski definition) is 5. The molecule has 0 aliphatic heterocycles. The molecule has 2 aromatic heterocycles. The summed E-state index contributed by atoms with van der Waals surface area (Å²) >= 11 is 0. The minimum atomic E-state index is 0.610. The summed E-state index contributed by atoms with van der Waals surface area (Å²) in [7, 11) is 0. The summed E-state index contributed by atoms with van der Waals surface area (Å²) in [5.74, 6) is 1.25. The third-order valence-electron chi connectivity index (χ3n) is 3.44. The molecular formula is C18H14N4O. The summed E-state index contributed by atoms with van der Waals surface area (Å²) in [4.78, 5) is 9.42. The van der Waals surface area contributed by atoms with E-state index in [1.54, 1.807) is 6.26 Å². The Bertz CT molecular complexity index is 920. The molecule has 0 unspecified atom stereocenters. The van der Waals surface area contributed by atoms with Gasteiger partial charge >= 0.3 is 0 Å². The van der Waals surface area contributed by atoms with Crippen LogP contribution in [0.1, 0.15) is 0 Å². The molecule has 5 heteroatoms. The molecule has 2 aromatic carbocycles. The molecule has 112 valence electrons. The second-order valence-corrected chi connectivity index (χ2v) is 5.00. The van der Waals surface area contributed by atoms with Crippen LogP contribution in [-0.2, 0) is 0 Å². The molecule has 23 heavy (non-hydrogen) atoms. The molecule has 0 spiro atoms. The van der Waals surface area contributed by atoms with Gasteiger partial charge in [-0.05, 0) is 18.2 Å². The van der Waals surface area contributed by atoms with Gasteiger partial charge in [0.05, 0.1) is 17.3 Å². The summed E-state index contributed by atoms with van der Waals surface area (Å²) in [6.45, 7) is 0. The van der Waals surface area contributed by atoms with Crippen molar-refractivity contribution < 1.29 is 4.42 Å². The van der Waals surface area contributed by atoms with Crippen LogP contribution in [0.2, 0.25) is 0 Å². The fourth-order valence-electron chi connectivity index (χ4n) is 2.35. The minimum absolute atomic E-state index is 0.610. The van der Waals surface area contributed by atoms with Crippen molar-refractivity contribution in [3.8, 4) is 11.3 Å². The van der Waals surface area contributed by atoms with Crippen molar-refractivity contribution in [3.05, 3.63) is 73.0 Å². The van der Waals surface area contributed by atoms with E-state index >= 15 is 0 Å². The maximum atomic E-state index is 5.27. The van der Waals surface area contributed by atoms with E-state index in [-0.39, 0.29) is 0 Å². The van der Waals surface area contributed by atoms with E-state index in [1.807, 2.05) is 66.7 Å². The SMILES string of the molecule is c1ccc(-c2nc3ccccc3nc2NNc2ccco2)cc1. The lowest BCUT2D eigenvalue weighted by Gasteiger charge is -2.12. The molecule has 0 amide bonds. The Morgan fingerprint density at radius 1 is 0.696 bits per heavy atom. The van der Waals surface area contributed by atoms with Gasteiger partial charge in [-0.1, -0.05) is 42.5 Å². The predicted molar refractivity (Wildman–Crippen MR) is 90.9 cm³/mol. The van der Waals surface area contributed by atoms with Crippen LogP contribution in [0.4, 0.5) is 11.7 Å². The number of anilines is 2. The van der Waals surface area contributed by atoms with Crippen molar-refractivity contribution in [2.75, 3.05) is 10.9 Å². The average Bonchev–Trinajstić information content (AvgIpc) is 3.13. The Morgan fingerprint density at radius 2 is 1.43 bits per heavy atom. The zero-order chi connectivity index (χ0) is 15.5. The highest BCUT2D eigenvalue weighted by atomic mass is 16.3. The largest absolute Gasteiger partial charge is 0.447 e. The lowest BCUT2D eigenvalue weighted by Crippen LogP contribution is -2.11. The lowest BCUT2D eigenvalue weighted by molar-refractivity contribution is 0.583. The summed E-state index contributed by atoms with van der Waals surface area (Å²) < 4.78 is 5.27. The molecule has 4 rings (SSSR count). The van der Waals surface area contributed by atoms with Crippen LogP contribution >= 0.6 is 0 Å². The number of nitrogens with one attached hydrogen (secondary N) is 2. The van der Waals surface area contributed by atoms with Gasteiger partial charge in [0, 0.05) is 11.6 Å². The van der Waals surface area contributed by atoms with Crippen molar-refractivity contribution in [3.63, 3.8) is 0 Å². The van der Waals surface area contributed by atoms with Crippen LogP contribution in [0, 0.1) is 0 Å². The van der Waals surface area contributed by atoms with Gasteiger partial charge in [0.2, 0.25) is 5.88 Å².